The minimum Gasteiger partial charge on any atom is -0.484 e. The normalized spacial score (nSPS) is 11.9. The van der Waals surface area contributed by atoms with Gasteiger partial charge in [0, 0.05) is 13.7 Å². The molecule has 3 aromatic rings. The van der Waals surface area contributed by atoms with Crippen LogP contribution in [0.5, 0.6) is 5.75 Å². The molecular weight excluding hydrogens is 348 g/mol. The maximum atomic E-state index is 12.3. The summed E-state index contributed by atoms with van der Waals surface area (Å²) >= 11 is 1.51. The van der Waals surface area contributed by atoms with Gasteiger partial charge < -0.3 is 14.0 Å². The monoisotopic (exact) mass is 370 g/mol. The number of aromatic nitrogens is 1. The van der Waals surface area contributed by atoms with Crippen molar-refractivity contribution >= 4 is 27.5 Å². The number of carbonyl (C=O) groups is 1. The number of hydrogen-bond acceptors (Lipinski definition) is 4. The molecule has 2 aromatic carbocycles. The van der Waals surface area contributed by atoms with E-state index in [1.165, 1.54) is 16.9 Å². The summed E-state index contributed by atoms with van der Waals surface area (Å²) in [4.78, 5) is 17.3. The molecule has 0 aliphatic carbocycles. The molecule has 6 heteroatoms. The molecule has 0 saturated heterocycles. The van der Waals surface area contributed by atoms with Gasteiger partial charge in [-0.15, -0.1) is 0 Å². The Morgan fingerprint density at radius 2 is 1.96 bits per heavy atom. The number of rotatable bonds is 6. The van der Waals surface area contributed by atoms with E-state index in [9.17, 15) is 4.79 Å². The number of amides is 1. The van der Waals surface area contributed by atoms with Crippen LogP contribution in [-0.2, 0) is 16.1 Å². The van der Waals surface area contributed by atoms with E-state index in [1.54, 1.807) is 7.11 Å². The van der Waals surface area contributed by atoms with Crippen molar-refractivity contribution in [2.75, 3.05) is 20.3 Å². The zero-order valence-electron chi connectivity index (χ0n) is 15.2. The quantitative estimate of drug-likeness (QED) is 0.668. The molecule has 0 bridgehead atoms. The van der Waals surface area contributed by atoms with Crippen LogP contribution in [-0.4, -0.2) is 30.8 Å². The largest absolute Gasteiger partial charge is 0.484 e. The van der Waals surface area contributed by atoms with Crippen LogP contribution in [0.15, 0.2) is 47.5 Å². The Morgan fingerprint density at radius 1 is 1.15 bits per heavy atom. The zero-order valence-corrected chi connectivity index (χ0v) is 16.0. The van der Waals surface area contributed by atoms with Crippen molar-refractivity contribution in [3.63, 3.8) is 0 Å². The summed E-state index contributed by atoms with van der Waals surface area (Å²) < 4.78 is 13.9. The van der Waals surface area contributed by atoms with E-state index in [2.05, 4.69) is 30.1 Å². The van der Waals surface area contributed by atoms with Crippen LogP contribution >= 0.6 is 11.3 Å². The zero-order chi connectivity index (χ0) is 18.5. The van der Waals surface area contributed by atoms with Crippen molar-refractivity contribution in [3.8, 4) is 5.75 Å². The van der Waals surface area contributed by atoms with Gasteiger partial charge in [-0.25, -0.2) is 0 Å². The molecule has 136 valence electrons. The smallest absolute Gasteiger partial charge is 0.286 e. The number of fused-ring (bicyclic) bond motifs is 1. The first-order valence-corrected chi connectivity index (χ1v) is 9.24. The second-order valence-electron chi connectivity index (χ2n) is 6.11. The molecule has 0 spiro atoms. The maximum Gasteiger partial charge on any atom is 0.286 e. The molecule has 0 atom stereocenters. The number of methoxy groups -OCH3 is 1. The lowest BCUT2D eigenvalue weighted by Crippen LogP contribution is -2.21. The lowest BCUT2D eigenvalue weighted by molar-refractivity contribution is -0.120. The number of benzene rings is 2. The molecule has 0 N–H and O–H groups in total. The molecule has 5 nitrogen and oxygen atoms in total. The second-order valence-corrected chi connectivity index (χ2v) is 7.12. The van der Waals surface area contributed by atoms with Crippen molar-refractivity contribution in [1.82, 2.24) is 4.57 Å². The first-order chi connectivity index (χ1) is 12.6. The summed E-state index contributed by atoms with van der Waals surface area (Å²) in [5.74, 6) is 0.369. The standard InChI is InChI=1S/C20H22N2O3S/c1-14-5-4-6-16(11-14)25-13-19(23)21-20-22(9-10-24-3)17-8-7-15(2)12-18(17)26-20/h4-8,11-12H,9-10,13H2,1-3H3. The number of ether oxygens (including phenoxy) is 2. The minimum absolute atomic E-state index is 0.0823. The number of nitrogens with zero attached hydrogens (tertiary/aromatic N) is 2. The molecule has 0 aliphatic heterocycles. The number of carbonyl (C=O) groups excluding carboxylic acids is 1. The van der Waals surface area contributed by atoms with E-state index >= 15 is 0 Å². The van der Waals surface area contributed by atoms with Gasteiger partial charge in [0.25, 0.3) is 5.91 Å². The van der Waals surface area contributed by atoms with Crippen LogP contribution < -0.4 is 9.54 Å². The first kappa shape index (κ1) is 18.4. The predicted molar refractivity (Wildman–Crippen MR) is 104 cm³/mol. The van der Waals surface area contributed by atoms with Gasteiger partial charge in [0.2, 0.25) is 0 Å². The van der Waals surface area contributed by atoms with Gasteiger partial charge in [-0.1, -0.05) is 29.5 Å². The summed E-state index contributed by atoms with van der Waals surface area (Å²) in [6.07, 6.45) is 0. The average Bonchev–Trinajstić information content (AvgIpc) is 2.94. The minimum atomic E-state index is -0.305. The summed E-state index contributed by atoms with van der Waals surface area (Å²) in [5, 5.41) is 0. The SMILES string of the molecule is COCCn1c(=NC(=O)COc2cccc(C)c2)sc2cc(C)ccc21. The van der Waals surface area contributed by atoms with E-state index in [-0.39, 0.29) is 12.5 Å². The first-order valence-electron chi connectivity index (χ1n) is 8.43. The fourth-order valence-electron chi connectivity index (χ4n) is 2.65. The Bertz CT molecular complexity index is 988. The van der Waals surface area contributed by atoms with Gasteiger partial charge in [0.15, 0.2) is 11.4 Å². The highest BCUT2D eigenvalue weighted by Crippen LogP contribution is 2.19. The molecule has 1 heterocycles. The van der Waals surface area contributed by atoms with E-state index in [1.807, 2.05) is 35.8 Å². The number of thiazole rings is 1. The second kappa shape index (κ2) is 8.29. The van der Waals surface area contributed by atoms with Crippen molar-refractivity contribution in [1.29, 1.82) is 0 Å². The average molecular weight is 370 g/mol. The predicted octanol–water partition coefficient (Wildman–Crippen LogP) is 3.47. The molecule has 0 fully saturated rings. The Morgan fingerprint density at radius 3 is 2.73 bits per heavy atom. The van der Waals surface area contributed by atoms with Crippen molar-refractivity contribution in [3.05, 3.63) is 58.4 Å². The van der Waals surface area contributed by atoms with Gasteiger partial charge in [-0.2, -0.15) is 4.99 Å². The summed E-state index contributed by atoms with van der Waals surface area (Å²) in [7, 11) is 1.66. The highest BCUT2D eigenvalue weighted by Gasteiger charge is 2.09. The third-order valence-corrected chi connectivity index (χ3v) is 4.97. The van der Waals surface area contributed by atoms with Crippen molar-refractivity contribution < 1.29 is 14.3 Å². The molecule has 0 radical (unpaired) electrons. The van der Waals surface area contributed by atoms with Crippen LogP contribution in [0.3, 0.4) is 0 Å². The van der Waals surface area contributed by atoms with Crippen LogP contribution in [0, 0.1) is 13.8 Å². The lowest BCUT2D eigenvalue weighted by Gasteiger charge is -2.05. The van der Waals surface area contributed by atoms with Crippen LogP contribution in [0.2, 0.25) is 0 Å². The Labute approximate surface area is 156 Å². The maximum absolute atomic E-state index is 12.3. The van der Waals surface area contributed by atoms with Crippen LogP contribution in [0.1, 0.15) is 11.1 Å². The van der Waals surface area contributed by atoms with Crippen molar-refractivity contribution in [2.24, 2.45) is 4.99 Å². The lowest BCUT2D eigenvalue weighted by atomic mass is 10.2. The van der Waals surface area contributed by atoms with E-state index in [0.29, 0.717) is 23.7 Å². The summed E-state index contributed by atoms with van der Waals surface area (Å²) in [6.45, 7) is 5.15. The molecule has 3 rings (SSSR count). The van der Waals surface area contributed by atoms with Gasteiger partial charge in [0.1, 0.15) is 5.75 Å². The van der Waals surface area contributed by atoms with Crippen molar-refractivity contribution in [2.45, 2.75) is 20.4 Å². The highest BCUT2D eigenvalue weighted by atomic mass is 32.1. The van der Waals surface area contributed by atoms with Crippen LogP contribution in [0.25, 0.3) is 10.2 Å². The van der Waals surface area contributed by atoms with E-state index < -0.39 is 0 Å². The van der Waals surface area contributed by atoms with Gasteiger partial charge in [-0.05, 0) is 49.2 Å². The number of hydrogen-bond donors (Lipinski definition) is 0. The molecule has 1 aromatic heterocycles. The molecule has 0 aliphatic rings. The van der Waals surface area contributed by atoms with Gasteiger partial charge in [0.05, 0.1) is 16.8 Å². The molecule has 0 saturated carbocycles. The Hall–Kier alpha value is -2.44. The topological polar surface area (TPSA) is 52.8 Å². The third-order valence-electron chi connectivity index (χ3n) is 3.93. The molecule has 26 heavy (non-hydrogen) atoms. The van der Waals surface area contributed by atoms with Crippen LogP contribution in [0.4, 0.5) is 0 Å². The highest BCUT2D eigenvalue weighted by molar-refractivity contribution is 7.16. The van der Waals surface area contributed by atoms with Gasteiger partial charge in [-0.3, -0.25) is 4.79 Å². The molecular formula is C20H22N2O3S. The third kappa shape index (κ3) is 4.39. The fourth-order valence-corrected chi connectivity index (χ4v) is 3.83. The van der Waals surface area contributed by atoms with E-state index in [0.717, 1.165) is 15.8 Å². The Balaban J connectivity index is 1.86. The number of aryl methyl sites for hydroxylation is 2. The molecule has 0 unspecified atom stereocenters. The summed E-state index contributed by atoms with van der Waals surface area (Å²) in [5.41, 5.74) is 3.33. The molecule has 1 amide bonds. The van der Waals surface area contributed by atoms with E-state index in [4.69, 9.17) is 9.47 Å². The summed E-state index contributed by atoms with van der Waals surface area (Å²) in [6, 6.07) is 13.8. The van der Waals surface area contributed by atoms with Gasteiger partial charge >= 0.3 is 0 Å². The fraction of sp³-hybridized carbons (Fsp3) is 0.300. The Kier molecular flexibility index (Phi) is 5.85.